The highest BCUT2D eigenvalue weighted by molar-refractivity contribution is 5.98. The van der Waals surface area contributed by atoms with Crippen LogP contribution in [0, 0.1) is 5.92 Å². The van der Waals surface area contributed by atoms with Gasteiger partial charge in [0.2, 0.25) is 5.75 Å². The fourth-order valence-electron chi connectivity index (χ4n) is 2.11. The zero-order valence-corrected chi connectivity index (χ0v) is 13.2. The lowest BCUT2D eigenvalue weighted by Gasteiger charge is -2.27. The lowest BCUT2D eigenvalue weighted by Crippen LogP contribution is -2.48. The van der Waals surface area contributed by atoms with Crippen LogP contribution in [0.4, 0.5) is 0 Å². The van der Waals surface area contributed by atoms with Crippen LogP contribution in [0.25, 0.3) is 0 Å². The van der Waals surface area contributed by atoms with Crippen LogP contribution in [-0.4, -0.2) is 46.9 Å². The fourth-order valence-corrected chi connectivity index (χ4v) is 2.11. The molecule has 6 nitrogen and oxygen atoms in total. The number of ether oxygens (including phenoxy) is 3. The quantitative estimate of drug-likeness (QED) is 0.822. The van der Waals surface area contributed by atoms with Crippen LogP contribution in [-0.2, 0) is 0 Å². The second-order valence-electron chi connectivity index (χ2n) is 4.62. The smallest absolute Gasteiger partial charge is 0.255 e. The number of nitrogens with one attached hydrogen (secondary N) is 2. The first-order valence-corrected chi connectivity index (χ1v) is 6.49. The van der Waals surface area contributed by atoms with Gasteiger partial charge < -0.3 is 24.8 Å². The van der Waals surface area contributed by atoms with E-state index < -0.39 is 0 Å². The monoisotopic (exact) mass is 316 g/mol. The van der Waals surface area contributed by atoms with Crippen LogP contribution >= 0.6 is 12.4 Å². The summed E-state index contributed by atoms with van der Waals surface area (Å²) in [5.41, 5.74) is 0.442. The lowest BCUT2D eigenvalue weighted by molar-refractivity contribution is 0.0938. The van der Waals surface area contributed by atoms with E-state index in [2.05, 4.69) is 10.6 Å². The Labute approximate surface area is 130 Å². The molecule has 0 atom stereocenters. The third-order valence-electron chi connectivity index (χ3n) is 3.37. The third-order valence-corrected chi connectivity index (χ3v) is 3.37. The van der Waals surface area contributed by atoms with Crippen LogP contribution < -0.4 is 24.8 Å². The average Bonchev–Trinajstić information content (AvgIpc) is 2.43. The molecule has 1 saturated heterocycles. The third kappa shape index (κ3) is 3.71. The molecule has 1 aliphatic heterocycles. The van der Waals surface area contributed by atoms with Gasteiger partial charge in [-0.2, -0.15) is 0 Å². The van der Waals surface area contributed by atoms with Crippen molar-refractivity contribution in [2.75, 3.05) is 41.0 Å². The van der Waals surface area contributed by atoms with Gasteiger partial charge in [0, 0.05) is 25.6 Å². The zero-order valence-electron chi connectivity index (χ0n) is 12.4. The Kier molecular flexibility index (Phi) is 6.58. The van der Waals surface area contributed by atoms with Gasteiger partial charge in [-0.05, 0) is 12.1 Å². The van der Waals surface area contributed by atoms with E-state index in [1.54, 1.807) is 19.2 Å². The van der Waals surface area contributed by atoms with Crippen molar-refractivity contribution in [2.45, 2.75) is 0 Å². The van der Waals surface area contributed by atoms with E-state index >= 15 is 0 Å². The van der Waals surface area contributed by atoms with Crippen LogP contribution in [0.15, 0.2) is 12.1 Å². The van der Waals surface area contributed by atoms with Crippen molar-refractivity contribution in [3.8, 4) is 17.2 Å². The minimum absolute atomic E-state index is 0. The number of hydrogen-bond donors (Lipinski definition) is 2. The summed E-state index contributed by atoms with van der Waals surface area (Å²) >= 11 is 0. The number of methoxy groups -OCH3 is 3. The Bertz CT molecular complexity index is 492. The molecule has 0 saturated carbocycles. The highest BCUT2D eigenvalue weighted by atomic mass is 35.5. The molecule has 1 aliphatic rings. The van der Waals surface area contributed by atoms with E-state index in [1.165, 1.54) is 14.2 Å². The first kappa shape index (κ1) is 17.4. The summed E-state index contributed by atoms with van der Waals surface area (Å²) in [5, 5.41) is 6.08. The maximum absolute atomic E-state index is 12.2. The molecule has 21 heavy (non-hydrogen) atoms. The number of halogens is 1. The molecular weight excluding hydrogens is 296 g/mol. The summed E-state index contributed by atoms with van der Waals surface area (Å²) in [6.45, 7) is 2.55. The maximum Gasteiger partial charge on any atom is 0.255 e. The molecule has 0 bridgehead atoms. The minimum Gasteiger partial charge on any atom is -0.493 e. The van der Waals surface area contributed by atoms with Crippen molar-refractivity contribution in [3.05, 3.63) is 17.7 Å². The Morgan fingerprint density at radius 3 is 2.33 bits per heavy atom. The van der Waals surface area contributed by atoms with Crippen molar-refractivity contribution in [3.63, 3.8) is 0 Å². The van der Waals surface area contributed by atoms with Crippen LogP contribution in [0.5, 0.6) is 17.2 Å². The van der Waals surface area contributed by atoms with E-state index in [0.29, 0.717) is 35.3 Å². The Balaban J connectivity index is 0.00000220. The van der Waals surface area contributed by atoms with Gasteiger partial charge in [-0.1, -0.05) is 0 Å². The number of benzene rings is 1. The highest BCUT2D eigenvalue weighted by Gasteiger charge is 2.22. The van der Waals surface area contributed by atoms with Gasteiger partial charge in [0.15, 0.2) is 11.5 Å². The van der Waals surface area contributed by atoms with E-state index in [4.69, 9.17) is 14.2 Å². The van der Waals surface area contributed by atoms with Gasteiger partial charge in [0.05, 0.1) is 26.9 Å². The topological polar surface area (TPSA) is 68.8 Å². The SMILES string of the molecule is COc1ccc(C(=O)NCC2CNC2)c(OC)c1OC.Cl. The first-order chi connectivity index (χ1) is 9.71. The molecule has 1 amide bonds. The number of rotatable bonds is 6. The highest BCUT2D eigenvalue weighted by Crippen LogP contribution is 2.39. The predicted molar refractivity (Wildman–Crippen MR) is 82.0 cm³/mol. The molecule has 0 spiro atoms. The van der Waals surface area contributed by atoms with Gasteiger partial charge in [-0.25, -0.2) is 0 Å². The first-order valence-electron chi connectivity index (χ1n) is 6.49. The molecule has 0 aliphatic carbocycles. The summed E-state index contributed by atoms with van der Waals surface area (Å²) in [7, 11) is 4.56. The van der Waals surface area contributed by atoms with E-state index in [-0.39, 0.29) is 18.3 Å². The number of amides is 1. The second kappa shape index (κ2) is 7.95. The molecule has 2 N–H and O–H groups in total. The normalized spacial score (nSPS) is 13.7. The minimum atomic E-state index is -0.172. The molecule has 0 aromatic heterocycles. The predicted octanol–water partition coefficient (Wildman–Crippen LogP) is 1.08. The fraction of sp³-hybridized carbons (Fsp3) is 0.500. The Morgan fingerprint density at radius 1 is 1.19 bits per heavy atom. The lowest BCUT2D eigenvalue weighted by atomic mass is 10.0. The van der Waals surface area contributed by atoms with Gasteiger partial charge in [0.1, 0.15) is 0 Å². The van der Waals surface area contributed by atoms with Crippen molar-refractivity contribution >= 4 is 18.3 Å². The molecule has 0 unspecified atom stereocenters. The van der Waals surface area contributed by atoms with E-state index in [9.17, 15) is 4.79 Å². The van der Waals surface area contributed by atoms with Crippen LogP contribution in [0.3, 0.4) is 0 Å². The summed E-state index contributed by atoms with van der Waals surface area (Å²) in [4.78, 5) is 12.2. The van der Waals surface area contributed by atoms with Gasteiger partial charge in [-0.15, -0.1) is 12.4 Å². The van der Waals surface area contributed by atoms with Crippen LogP contribution in [0.2, 0.25) is 0 Å². The summed E-state index contributed by atoms with van der Waals surface area (Å²) in [6, 6.07) is 3.37. The largest absolute Gasteiger partial charge is 0.493 e. The van der Waals surface area contributed by atoms with Gasteiger partial charge in [-0.3, -0.25) is 4.79 Å². The molecule has 1 fully saturated rings. The van der Waals surface area contributed by atoms with E-state index in [1.807, 2.05) is 0 Å². The summed E-state index contributed by atoms with van der Waals surface area (Å²) in [5.74, 6) is 1.67. The Hall–Kier alpha value is -1.66. The van der Waals surface area contributed by atoms with Crippen molar-refractivity contribution in [1.29, 1.82) is 0 Å². The molecule has 2 rings (SSSR count). The molecule has 1 aromatic rings. The standard InChI is InChI=1S/C14H20N2O4.ClH/c1-18-11-5-4-10(12(19-2)13(11)20-3)14(17)16-8-9-6-15-7-9;/h4-5,9,15H,6-8H2,1-3H3,(H,16,17);1H. The molecular formula is C14H21ClN2O4. The number of carbonyl (C=O) groups excluding carboxylic acids is 1. The zero-order chi connectivity index (χ0) is 14.5. The molecule has 7 heteroatoms. The molecule has 0 radical (unpaired) electrons. The second-order valence-corrected chi connectivity index (χ2v) is 4.62. The number of hydrogen-bond acceptors (Lipinski definition) is 5. The molecule has 118 valence electrons. The molecule has 1 heterocycles. The summed E-state index contributed by atoms with van der Waals surface area (Å²) < 4.78 is 15.8. The van der Waals surface area contributed by atoms with E-state index in [0.717, 1.165) is 13.1 Å². The van der Waals surface area contributed by atoms with Crippen molar-refractivity contribution in [2.24, 2.45) is 5.92 Å². The van der Waals surface area contributed by atoms with Gasteiger partial charge >= 0.3 is 0 Å². The van der Waals surface area contributed by atoms with Crippen molar-refractivity contribution in [1.82, 2.24) is 10.6 Å². The Morgan fingerprint density at radius 2 is 1.86 bits per heavy atom. The van der Waals surface area contributed by atoms with Crippen LogP contribution in [0.1, 0.15) is 10.4 Å². The van der Waals surface area contributed by atoms with Gasteiger partial charge in [0.25, 0.3) is 5.91 Å². The molecule has 1 aromatic carbocycles. The average molecular weight is 317 g/mol. The summed E-state index contributed by atoms with van der Waals surface area (Å²) in [6.07, 6.45) is 0. The maximum atomic E-state index is 12.2. The number of carbonyl (C=O) groups is 1. The van der Waals surface area contributed by atoms with Crippen molar-refractivity contribution < 1.29 is 19.0 Å².